The van der Waals surface area contributed by atoms with Crippen LogP contribution >= 0.6 is 34.8 Å². The van der Waals surface area contributed by atoms with E-state index in [0.29, 0.717) is 16.6 Å². The van der Waals surface area contributed by atoms with Crippen LogP contribution < -0.4 is 19.5 Å². The molecule has 3 aromatic rings. The smallest absolute Gasteiger partial charge is 0.258 e. The van der Waals surface area contributed by atoms with Gasteiger partial charge in [0, 0.05) is 17.7 Å². The normalized spacial score (nSPS) is 10.5. The van der Waals surface area contributed by atoms with Crippen molar-refractivity contribution in [3.05, 3.63) is 63.6 Å². The molecule has 0 spiro atoms. The van der Waals surface area contributed by atoms with Crippen LogP contribution in [0.1, 0.15) is 0 Å². The summed E-state index contributed by atoms with van der Waals surface area (Å²) >= 11 is 17.8. The first-order valence-corrected chi connectivity index (χ1v) is 10.2. The average molecular weight is 483 g/mol. The van der Waals surface area contributed by atoms with Gasteiger partial charge in [0.1, 0.15) is 18.1 Å². The molecule has 10 heteroatoms. The fourth-order valence-corrected chi connectivity index (χ4v) is 3.06. The molecule has 1 aromatic heterocycles. The highest BCUT2D eigenvalue weighted by Gasteiger charge is 2.09. The lowest BCUT2D eigenvalue weighted by molar-refractivity contribution is -0.123. The molecule has 31 heavy (non-hydrogen) atoms. The first-order valence-electron chi connectivity index (χ1n) is 9.11. The third-order valence-electron chi connectivity index (χ3n) is 4.03. The van der Waals surface area contributed by atoms with Crippen LogP contribution in [0.2, 0.25) is 15.1 Å². The number of benzene rings is 2. The van der Waals surface area contributed by atoms with Gasteiger partial charge in [0.15, 0.2) is 6.61 Å². The fraction of sp³-hybridized carbons (Fsp3) is 0.190. The Kier molecular flexibility index (Phi) is 8.17. The quantitative estimate of drug-likeness (QED) is 0.352. The molecule has 0 aliphatic rings. The van der Waals surface area contributed by atoms with Crippen molar-refractivity contribution in [3.63, 3.8) is 0 Å². The average Bonchev–Trinajstić information content (AvgIpc) is 2.79. The van der Waals surface area contributed by atoms with E-state index < -0.39 is 0 Å². The van der Waals surface area contributed by atoms with Crippen molar-refractivity contribution in [2.75, 3.05) is 26.9 Å². The highest BCUT2D eigenvalue weighted by atomic mass is 35.5. The Morgan fingerprint density at radius 1 is 0.935 bits per heavy atom. The second-order valence-electron chi connectivity index (χ2n) is 6.17. The molecule has 3 rings (SSSR count). The predicted molar refractivity (Wildman–Crippen MR) is 119 cm³/mol. The predicted octanol–water partition coefficient (Wildman–Crippen LogP) is 4.69. The number of rotatable bonds is 9. The molecule has 0 saturated heterocycles. The van der Waals surface area contributed by atoms with Gasteiger partial charge in [-0.25, -0.2) is 0 Å². The van der Waals surface area contributed by atoms with E-state index in [1.807, 2.05) is 24.3 Å². The molecule has 1 amide bonds. The molecule has 0 unspecified atom stereocenters. The van der Waals surface area contributed by atoms with Crippen LogP contribution in [0.4, 0.5) is 0 Å². The van der Waals surface area contributed by atoms with Gasteiger partial charge in [-0.2, -0.15) is 0 Å². The Bertz CT molecular complexity index is 1030. The SMILES string of the molecule is COc1ccc(-c2ccc(OCCNC(=O)COc3cc(Cl)c(Cl)cc3Cl)nn2)cc1. The molecule has 1 heterocycles. The minimum absolute atomic E-state index is 0.218. The van der Waals surface area contributed by atoms with Gasteiger partial charge >= 0.3 is 0 Å². The van der Waals surface area contributed by atoms with Gasteiger partial charge in [0.2, 0.25) is 5.88 Å². The van der Waals surface area contributed by atoms with Crippen LogP contribution in [0.15, 0.2) is 48.5 Å². The van der Waals surface area contributed by atoms with Crippen LogP contribution in [0.25, 0.3) is 11.3 Å². The van der Waals surface area contributed by atoms with Crippen LogP contribution in [-0.2, 0) is 4.79 Å². The maximum atomic E-state index is 11.9. The third-order valence-corrected chi connectivity index (χ3v) is 5.05. The second-order valence-corrected chi connectivity index (χ2v) is 7.39. The van der Waals surface area contributed by atoms with E-state index in [9.17, 15) is 4.79 Å². The summed E-state index contributed by atoms with van der Waals surface area (Å²) in [5.74, 6) is 1.05. The van der Waals surface area contributed by atoms with Crippen molar-refractivity contribution in [2.45, 2.75) is 0 Å². The number of methoxy groups -OCH3 is 1. The number of aromatic nitrogens is 2. The number of nitrogens with zero attached hydrogens (tertiary/aromatic N) is 2. The fourth-order valence-electron chi connectivity index (χ4n) is 2.47. The van der Waals surface area contributed by atoms with Crippen molar-refractivity contribution in [1.82, 2.24) is 15.5 Å². The molecule has 0 atom stereocenters. The van der Waals surface area contributed by atoms with Crippen molar-refractivity contribution in [3.8, 4) is 28.6 Å². The highest BCUT2D eigenvalue weighted by molar-refractivity contribution is 6.43. The molecular formula is C21H18Cl3N3O4. The summed E-state index contributed by atoms with van der Waals surface area (Å²) in [5.41, 5.74) is 1.62. The van der Waals surface area contributed by atoms with Gasteiger partial charge in [0.05, 0.1) is 34.4 Å². The molecule has 162 valence electrons. The Morgan fingerprint density at radius 3 is 2.35 bits per heavy atom. The zero-order valence-corrected chi connectivity index (χ0v) is 18.7. The van der Waals surface area contributed by atoms with Crippen molar-refractivity contribution in [2.24, 2.45) is 0 Å². The number of halogens is 3. The lowest BCUT2D eigenvalue weighted by Crippen LogP contribution is -2.32. The number of carbonyl (C=O) groups is 1. The van der Waals surface area contributed by atoms with Crippen LogP contribution in [0, 0.1) is 0 Å². The molecule has 7 nitrogen and oxygen atoms in total. The van der Waals surface area contributed by atoms with Gasteiger partial charge in [-0.15, -0.1) is 10.2 Å². The summed E-state index contributed by atoms with van der Waals surface area (Å²) in [6, 6.07) is 13.9. The van der Waals surface area contributed by atoms with Gasteiger partial charge in [-0.05, 0) is 36.4 Å². The molecule has 0 radical (unpaired) electrons. The monoisotopic (exact) mass is 481 g/mol. The molecular weight excluding hydrogens is 465 g/mol. The van der Waals surface area contributed by atoms with Crippen molar-refractivity contribution < 1.29 is 19.0 Å². The van der Waals surface area contributed by atoms with Crippen LogP contribution in [0.5, 0.6) is 17.4 Å². The second kappa shape index (κ2) is 11.0. The highest BCUT2D eigenvalue weighted by Crippen LogP contribution is 2.33. The molecule has 2 aromatic carbocycles. The summed E-state index contributed by atoms with van der Waals surface area (Å²) in [7, 11) is 1.61. The number of carbonyl (C=O) groups excluding carboxylic acids is 1. The molecule has 0 bridgehead atoms. The molecule has 0 fully saturated rings. The third kappa shape index (κ3) is 6.62. The van der Waals surface area contributed by atoms with Crippen LogP contribution in [-0.4, -0.2) is 43.0 Å². The Morgan fingerprint density at radius 2 is 1.68 bits per heavy atom. The minimum atomic E-state index is -0.341. The van der Waals surface area contributed by atoms with Crippen molar-refractivity contribution in [1.29, 1.82) is 0 Å². The molecule has 0 saturated carbocycles. The lowest BCUT2D eigenvalue weighted by atomic mass is 10.1. The maximum Gasteiger partial charge on any atom is 0.258 e. The summed E-state index contributed by atoms with van der Waals surface area (Å²) in [4.78, 5) is 11.9. The number of nitrogens with one attached hydrogen (secondary N) is 1. The molecule has 1 N–H and O–H groups in total. The van der Waals surface area contributed by atoms with E-state index in [2.05, 4.69) is 15.5 Å². The van der Waals surface area contributed by atoms with E-state index in [1.165, 1.54) is 12.1 Å². The zero-order valence-electron chi connectivity index (χ0n) is 16.4. The first-order chi connectivity index (χ1) is 15.0. The number of amides is 1. The number of hydrogen-bond donors (Lipinski definition) is 1. The Labute approximate surface area is 194 Å². The lowest BCUT2D eigenvalue weighted by Gasteiger charge is -2.10. The minimum Gasteiger partial charge on any atom is -0.497 e. The largest absolute Gasteiger partial charge is 0.497 e. The van der Waals surface area contributed by atoms with Gasteiger partial charge in [0.25, 0.3) is 5.91 Å². The summed E-state index contributed by atoms with van der Waals surface area (Å²) < 4.78 is 16.0. The van der Waals surface area contributed by atoms with E-state index in [-0.39, 0.29) is 41.5 Å². The maximum absolute atomic E-state index is 11.9. The van der Waals surface area contributed by atoms with E-state index >= 15 is 0 Å². The standard InChI is InChI=1S/C21H18Cl3N3O4/c1-29-14-4-2-13(3-5-14)18-6-7-21(27-26-18)30-9-8-25-20(28)12-31-19-11-16(23)15(22)10-17(19)24/h2-7,10-11H,8-9,12H2,1H3,(H,25,28). The van der Waals surface area contributed by atoms with Gasteiger partial charge < -0.3 is 19.5 Å². The molecule has 0 aliphatic heterocycles. The summed E-state index contributed by atoms with van der Waals surface area (Å²) in [6.07, 6.45) is 0. The number of ether oxygens (including phenoxy) is 3. The molecule has 0 aliphatic carbocycles. The number of hydrogen-bond acceptors (Lipinski definition) is 6. The summed E-state index contributed by atoms with van der Waals surface area (Å²) in [5, 5.41) is 11.7. The van der Waals surface area contributed by atoms with Crippen LogP contribution in [0.3, 0.4) is 0 Å². The van der Waals surface area contributed by atoms with E-state index in [0.717, 1.165) is 11.3 Å². The van der Waals surface area contributed by atoms with Gasteiger partial charge in [-0.3, -0.25) is 4.79 Å². The Balaban J connectivity index is 1.40. The Hall–Kier alpha value is -2.74. The summed E-state index contributed by atoms with van der Waals surface area (Å²) in [6.45, 7) is 0.253. The van der Waals surface area contributed by atoms with E-state index in [1.54, 1.807) is 19.2 Å². The van der Waals surface area contributed by atoms with E-state index in [4.69, 9.17) is 49.0 Å². The zero-order chi connectivity index (χ0) is 22.2. The first kappa shape index (κ1) is 22.9. The topological polar surface area (TPSA) is 82.6 Å². The van der Waals surface area contributed by atoms with Crippen molar-refractivity contribution >= 4 is 40.7 Å². The van der Waals surface area contributed by atoms with Gasteiger partial charge in [-0.1, -0.05) is 34.8 Å².